The molecule has 6 nitrogen and oxygen atoms in total. The second kappa shape index (κ2) is 6.56. The van der Waals surface area contributed by atoms with Crippen molar-refractivity contribution >= 4 is 23.2 Å². The number of nitrogens with one attached hydrogen (secondary N) is 2. The number of hydrogen-bond donors (Lipinski definition) is 2. The third-order valence-electron chi connectivity index (χ3n) is 5.44. The van der Waals surface area contributed by atoms with Gasteiger partial charge in [-0.25, -0.2) is 0 Å². The zero-order valence-corrected chi connectivity index (χ0v) is 15.2. The van der Waals surface area contributed by atoms with E-state index < -0.39 is 0 Å². The summed E-state index contributed by atoms with van der Waals surface area (Å²) in [7, 11) is 0. The largest absolute Gasteiger partial charge is 0.356 e. The summed E-state index contributed by atoms with van der Waals surface area (Å²) in [6.07, 6.45) is 4.53. The van der Waals surface area contributed by atoms with Crippen LogP contribution >= 0.6 is 0 Å². The smallest absolute Gasteiger partial charge is 0.251 e. The molecule has 1 fully saturated rings. The van der Waals surface area contributed by atoms with Crippen molar-refractivity contribution in [1.29, 1.82) is 0 Å². The van der Waals surface area contributed by atoms with Gasteiger partial charge in [-0.15, -0.1) is 0 Å². The molecule has 1 saturated heterocycles. The van der Waals surface area contributed by atoms with Crippen molar-refractivity contribution in [2.45, 2.75) is 18.5 Å². The summed E-state index contributed by atoms with van der Waals surface area (Å²) < 4.78 is 1.99. The third-order valence-corrected chi connectivity index (χ3v) is 5.44. The first kappa shape index (κ1) is 16.6. The number of carbonyl (C=O) groups is 2. The van der Waals surface area contributed by atoms with Crippen molar-refractivity contribution in [3.05, 3.63) is 78.6 Å². The molecule has 2 N–H and O–H groups in total. The standard InChI is InChI=1S/C22H20N4O2/c27-21(15-7-9-17(10-8-15)25-11-3-4-12-25)23-16-13-20-22(28)24-18-5-1-2-6-19(18)26(20)14-16/h1-12,16,20H,13-14H2,(H,23,27)(H,24,28)/t16-,20-/m0/s1. The average Bonchev–Trinajstić information content (AvgIpc) is 3.39. The van der Waals surface area contributed by atoms with E-state index >= 15 is 0 Å². The Morgan fingerprint density at radius 3 is 2.54 bits per heavy atom. The van der Waals surface area contributed by atoms with E-state index in [-0.39, 0.29) is 23.9 Å². The second-order valence-corrected chi connectivity index (χ2v) is 7.22. The van der Waals surface area contributed by atoms with Gasteiger partial charge in [0.1, 0.15) is 6.04 Å². The van der Waals surface area contributed by atoms with Crippen LogP contribution in [0.5, 0.6) is 0 Å². The molecule has 5 rings (SSSR count). The van der Waals surface area contributed by atoms with Gasteiger partial charge in [-0.05, 0) is 55.0 Å². The van der Waals surface area contributed by atoms with E-state index in [1.807, 2.05) is 77.6 Å². The van der Waals surface area contributed by atoms with Crippen LogP contribution in [0, 0.1) is 0 Å². The summed E-state index contributed by atoms with van der Waals surface area (Å²) >= 11 is 0. The predicted molar refractivity (Wildman–Crippen MR) is 108 cm³/mol. The predicted octanol–water partition coefficient (Wildman–Crippen LogP) is 2.81. The molecule has 0 radical (unpaired) electrons. The Hall–Kier alpha value is -3.54. The van der Waals surface area contributed by atoms with Crippen LogP contribution < -0.4 is 15.5 Å². The lowest BCUT2D eigenvalue weighted by Gasteiger charge is -2.32. The van der Waals surface area contributed by atoms with Crippen molar-refractivity contribution in [3.8, 4) is 5.69 Å². The molecule has 2 aromatic carbocycles. The van der Waals surface area contributed by atoms with E-state index in [0.29, 0.717) is 18.5 Å². The molecular formula is C22H20N4O2. The van der Waals surface area contributed by atoms with E-state index in [1.54, 1.807) is 0 Å². The first-order valence-electron chi connectivity index (χ1n) is 9.40. The van der Waals surface area contributed by atoms with Gasteiger partial charge in [-0.2, -0.15) is 0 Å². The molecule has 3 heterocycles. The number of para-hydroxylation sites is 2. The molecule has 2 aliphatic rings. The van der Waals surface area contributed by atoms with E-state index in [2.05, 4.69) is 15.5 Å². The molecule has 2 atom stereocenters. The maximum atomic E-state index is 12.7. The minimum Gasteiger partial charge on any atom is -0.356 e. The van der Waals surface area contributed by atoms with Crippen LogP contribution in [0.3, 0.4) is 0 Å². The van der Waals surface area contributed by atoms with Gasteiger partial charge >= 0.3 is 0 Å². The SMILES string of the molecule is O=C(N[C@H]1C[C@H]2C(=O)Nc3ccccc3N2C1)c1ccc(-n2cccc2)cc1. The van der Waals surface area contributed by atoms with Gasteiger partial charge in [0, 0.05) is 36.2 Å². The lowest BCUT2D eigenvalue weighted by Crippen LogP contribution is -2.44. The van der Waals surface area contributed by atoms with Gasteiger partial charge in [-0.1, -0.05) is 12.1 Å². The van der Waals surface area contributed by atoms with Crippen molar-refractivity contribution in [3.63, 3.8) is 0 Å². The molecule has 3 aromatic rings. The fourth-order valence-corrected chi connectivity index (χ4v) is 4.06. The Morgan fingerprint density at radius 2 is 1.75 bits per heavy atom. The summed E-state index contributed by atoms with van der Waals surface area (Å²) in [4.78, 5) is 27.2. The van der Waals surface area contributed by atoms with Crippen LogP contribution in [0.1, 0.15) is 16.8 Å². The monoisotopic (exact) mass is 372 g/mol. The van der Waals surface area contributed by atoms with Crippen LogP contribution in [-0.2, 0) is 4.79 Å². The molecule has 2 amide bonds. The second-order valence-electron chi connectivity index (χ2n) is 7.22. The van der Waals surface area contributed by atoms with Crippen molar-refractivity contribution < 1.29 is 9.59 Å². The highest BCUT2D eigenvalue weighted by molar-refractivity contribution is 6.04. The number of carbonyl (C=O) groups excluding carboxylic acids is 2. The first-order chi connectivity index (χ1) is 13.7. The molecule has 0 saturated carbocycles. The van der Waals surface area contributed by atoms with Gasteiger partial charge in [0.15, 0.2) is 0 Å². The highest BCUT2D eigenvalue weighted by Crippen LogP contribution is 2.36. The highest BCUT2D eigenvalue weighted by atomic mass is 16.2. The fraction of sp³-hybridized carbons (Fsp3) is 0.182. The van der Waals surface area contributed by atoms with Crippen LogP contribution in [0.25, 0.3) is 5.69 Å². The summed E-state index contributed by atoms with van der Waals surface area (Å²) in [6.45, 7) is 0.627. The molecule has 0 spiro atoms. The number of anilines is 2. The Balaban J connectivity index is 1.30. The number of nitrogens with zero attached hydrogens (tertiary/aromatic N) is 2. The fourth-order valence-electron chi connectivity index (χ4n) is 4.06. The zero-order chi connectivity index (χ0) is 19.1. The number of benzene rings is 2. The van der Waals surface area contributed by atoms with Gasteiger partial charge in [-0.3, -0.25) is 9.59 Å². The summed E-state index contributed by atoms with van der Waals surface area (Å²) in [5, 5.41) is 6.05. The van der Waals surface area contributed by atoms with Gasteiger partial charge in [0.25, 0.3) is 5.91 Å². The summed E-state index contributed by atoms with van der Waals surface area (Å²) in [6, 6.07) is 18.9. The van der Waals surface area contributed by atoms with Crippen molar-refractivity contribution in [2.75, 3.05) is 16.8 Å². The molecule has 6 heteroatoms. The van der Waals surface area contributed by atoms with E-state index in [1.165, 1.54) is 0 Å². The van der Waals surface area contributed by atoms with Crippen LogP contribution in [0.4, 0.5) is 11.4 Å². The van der Waals surface area contributed by atoms with E-state index in [0.717, 1.165) is 17.1 Å². The Bertz CT molecular complexity index is 1030. The minimum absolute atomic E-state index is 0.00785. The van der Waals surface area contributed by atoms with E-state index in [9.17, 15) is 9.59 Å². The molecule has 28 heavy (non-hydrogen) atoms. The maximum absolute atomic E-state index is 12.7. The lowest BCUT2D eigenvalue weighted by atomic mass is 10.1. The highest BCUT2D eigenvalue weighted by Gasteiger charge is 2.41. The summed E-state index contributed by atoms with van der Waals surface area (Å²) in [5.74, 6) is -0.121. The number of rotatable bonds is 3. The Kier molecular flexibility index (Phi) is 3.90. The quantitative estimate of drug-likeness (QED) is 0.743. The summed E-state index contributed by atoms with van der Waals surface area (Å²) in [5.41, 5.74) is 3.47. The van der Waals surface area contributed by atoms with Crippen molar-refractivity contribution in [1.82, 2.24) is 9.88 Å². The van der Waals surface area contributed by atoms with Crippen LogP contribution in [0.2, 0.25) is 0 Å². The number of aromatic nitrogens is 1. The molecular weight excluding hydrogens is 352 g/mol. The van der Waals surface area contributed by atoms with Crippen LogP contribution in [-0.4, -0.2) is 35.0 Å². The maximum Gasteiger partial charge on any atom is 0.251 e. The Morgan fingerprint density at radius 1 is 1.00 bits per heavy atom. The van der Waals surface area contributed by atoms with E-state index in [4.69, 9.17) is 0 Å². The zero-order valence-electron chi connectivity index (χ0n) is 15.2. The third kappa shape index (κ3) is 2.83. The molecule has 0 bridgehead atoms. The topological polar surface area (TPSA) is 66.4 Å². The molecule has 0 unspecified atom stereocenters. The molecule has 140 valence electrons. The molecule has 1 aromatic heterocycles. The lowest BCUT2D eigenvalue weighted by molar-refractivity contribution is -0.117. The molecule has 0 aliphatic carbocycles. The number of hydrogen-bond acceptors (Lipinski definition) is 3. The number of amides is 2. The van der Waals surface area contributed by atoms with Gasteiger partial charge in [0.2, 0.25) is 5.91 Å². The first-order valence-corrected chi connectivity index (χ1v) is 9.40. The minimum atomic E-state index is -0.240. The van der Waals surface area contributed by atoms with Crippen LogP contribution in [0.15, 0.2) is 73.1 Å². The number of fused-ring (bicyclic) bond motifs is 3. The molecule has 2 aliphatic heterocycles. The van der Waals surface area contributed by atoms with Gasteiger partial charge < -0.3 is 20.1 Å². The van der Waals surface area contributed by atoms with Gasteiger partial charge in [0.05, 0.1) is 11.4 Å². The normalized spacial score (nSPS) is 20.3. The van der Waals surface area contributed by atoms with Crippen molar-refractivity contribution in [2.24, 2.45) is 0 Å². The average molecular weight is 372 g/mol. The Labute approximate surface area is 162 Å².